The monoisotopic (exact) mass is 160 g/mol. The van der Waals surface area contributed by atoms with E-state index in [1.807, 2.05) is 0 Å². The second kappa shape index (κ2) is 5.85. The van der Waals surface area contributed by atoms with Crippen molar-refractivity contribution >= 4 is 12.3 Å². The van der Waals surface area contributed by atoms with E-state index < -0.39 is 12.1 Å². The first-order valence-electron chi connectivity index (χ1n) is 3.50. The Morgan fingerprint density at radius 3 is 2.64 bits per heavy atom. The summed E-state index contributed by atoms with van der Waals surface area (Å²) in [4.78, 5) is 19.8. The maximum Gasteiger partial charge on any atom is 0.303 e. The molecule has 0 saturated carbocycles. The average Bonchev–Trinajstić information content (AvgIpc) is 1.87. The quantitative estimate of drug-likeness (QED) is 0.544. The predicted octanol–water partition coefficient (Wildman–Crippen LogP) is 0.191. The van der Waals surface area contributed by atoms with Crippen LogP contribution < -0.4 is 0 Å². The Balaban J connectivity index is 3.23. The van der Waals surface area contributed by atoms with Gasteiger partial charge in [0.05, 0.1) is 6.10 Å². The molecule has 2 N–H and O–H groups in total. The number of rotatable bonds is 6. The van der Waals surface area contributed by atoms with Gasteiger partial charge < -0.3 is 15.0 Å². The van der Waals surface area contributed by atoms with Crippen molar-refractivity contribution in [2.45, 2.75) is 31.8 Å². The summed E-state index contributed by atoms with van der Waals surface area (Å²) in [6.07, 6.45) is 0.905. The summed E-state index contributed by atoms with van der Waals surface area (Å²) < 4.78 is 0. The zero-order valence-electron chi connectivity index (χ0n) is 6.19. The van der Waals surface area contributed by atoms with Gasteiger partial charge in [-0.15, -0.1) is 0 Å². The second-order valence-electron chi connectivity index (χ2n) is 2.34. The highest BCUT2D eigenvalue weighted by Crippen LogP contribution is 2.02. The van der Waals surface area contributed by atoms with Crippen LogP contribution in [0.4, 0.5) is 0 Å². The Labute approximate surface area is 64.8 Å². The van der Waals surface area contributed by atoms with Gasteiger partial charge in [0.15, 0.2) is 0 Å². The van der Waals surface area contributed by atoms with Crippen LogP contribution in [0.25, 0.3) is 0 Å². The van der Waals surface area contributed by atoms with Gasteiger partial charge >= 0.3 is 5.97 Å². The van der Waals surface area contributed by atoms with Gasteiger partial charge in [0.2, 0.25) is 0 Å². The highest BCUT2D eigenvalue weighted by atomic mass is 16.4. The topological polar surface area (TPSA) is 74.6 Å². The van der Waals surface area contributed by atoms with Crippen LogP contribution in [0, 0.1) is 0 Å². The van der Waals surface area contributed by atoms with Gasteiger partial charge in [-0.25, -0.2) is 0 Å². The van der Waals surface area contributed by atoms with Crippen LogP contribution in [-0.4, -0.2) is 28.6 Å². The molecule has 0 aromatic rings. The van der Waals surface area contributed by atoms with E-state index in [4.69, 9.17) is 10.2 Å². The number of carboxylic acid groups (broad SMARTS) is 1. The fraction of sp³-hybridized carbons (Fsp3) is 0.714. The van der Waals surface area contributed by atoms with E-state index >= 15 is 0 Å². The summed E-state index contributed by atoms with van der Waals surface area (Å²) in [5.74, 6) is -0.872. The minimum atomic E-state index is -0.872. The van der Waals surface area contributed by atoms with Crippen molar-refractivity contribution < 1.29 is 19.8 Å². The molecule has 1 atom stereocenters. The van der Waals surface area contributed by atoms with E-state index in [-0.39, 0.29) is 12.8 Å². The largest absolute Gasteiger partial charge is 0.481 e. The summed E-state index contributed by atoms with van der Waals surface area (Å²) >= 11 is 0. The number of hydrogen-bond acceptors (Lipinski definition) is 3. The summed E-state index contributed by atoms with van der Waals surface area (Å²) in [5, 5.41) is 17.1. The molecule has 0 aliphatic rings. The van der Waals surface area contributed by atoms with Crippen LogP contribution in [-0.2, 0) is 9.59 Å². The number of carbonyl (C=O) groups excluding carboxylic acids is 1. The van der Waals surface area contributed by atoms with Crippen molar-refractivity contribution in [2.75, 3.05) is 0 Å². The fourth-order valence-corrected chi connectivity index (χ4v) is 0.718. The molecule has 0 radical (unpaired) electrons. The number of aliphatic carboxylic acids is 1. The number of aliphatic hydroxyl groups is 1. The van der Waals surface area contributed by atoms with Gasteiger partial charge in [-0.2, -0.15) is 0 Å². The molecule has 0 bridgehead atoms. The molecule has 1 unspecified atom stereocenters. The Bertz CT molecular complexity index is 132. The number of carbonyl (C=O) groups is 2. The zero-order chi connectivity index (χ0) is 8.69. The molecule has 0 spiro atoms. The van der Waals surface area contributed by atoms with Crippen molar-refractivity contribution in [3.8, 4) is 0 Å². The Hall–Kier alpha value is -0.900. The maximum absolute atomic E-state index is 9.99. The van der Waals surface area contributed by atoms with Crippen molar-refractivity contribution in [1.29, 1.82) is 0 Å². The molecule has 0 amide bonds. The van der Waals surface area contributed by atoms with Crippen LogP contribution in [0.2, 0.25) is 0 Å². The van der Waals surface area contributed by atoms with E-state index in [9.17, 15) is 9.59 Å². The van der Waals surface area contributed by atoms with E-state index in [0.717, 1.165) is 0 Å². The Morgan fingerprint density at radius 1 is 1.55 bits per heavy atom. The molecular weight excluding hydrogens is 148 g/mol. The van der Waals surface area contributed by atoms with Gasteiger partial charge in [0.1, 0.15) is 6.29 Å². The van der Waals surface area contributed by atoms with Crippen molar-refractivity contribution in [2.24, 2.45) is 0 Å². The summed E-state index contributed by atoms with van der Waals surface area (Å²) in [5.41, 5.74) is 0. The Kier molecular flexibility index (Phi) is 5.37. The molecule has 0 aromatic heterocycles. The summed E-state index contributed by atoms with van der Waals surface area (Å²) in [7, 11) is 0. The first kappa shape index (κ1) is 10.1. The van der Waals surface area contributed by atoms with E-state index in [1.165, 1.54) is 0 Å². The lowest BCUT2D eigenvalue weighted by atomic mass is 10.1. The molecule has 4 nitrogen and oxygen atoms in total. The smallest absolute Gasteiger partial charge is 0.303 e. The third-order valence-electron chi connectivity index (χ3n) is 1.30. The van der Waals surface area contributed by atoms with Crippen molar-refractivity contribution in [1.82, 2.24) is 0 Å². The minimum absolute atomic E-state index is 0.0515. The lowest BCUT2D eigenvalue weighted by molar-refractivity contribution is -0.137. The molecule has 11 heavy (non-hydrogen) atoms. The lowest BCUT2D eigenvalue weighted by Crippen LogP contribution is -2.07. The molecule has 0 fully saturated rings. The highest BCUT2D eigenvalue weighted by molar-refractivity contribution is 5.66. The molecule has 0 rings (SSSR count). The first-order chi connectivity index (χ1) is 5.16. The van der Waals surface area contributed by atoms with E-state index in [2.05, 4.69) is 0 Å². The van der Waals surface area contributed by atoms with Crippen molar-refractivity contribution in [3.05, 3.63) is 0 Å². The fourth-order valence-electron chi connectivity index (χ4n) is 0.718. The first-order valence-corrected chi connectivity index (χ1v) is 3.50. The lowest BCUT2D eigenvalue weighted by Gasteiger charge is -2.03. The molecule has 0 heterocycles. The molecule has 0 aromatic carbocycles. The number of carboxylic acids is 1. The SMILES string of the molecule is O=CCC(O)CCCC(=O)O. The van der Waals surface area contributed by atoms with Crippen LogP contribution in [0.3, 0.4) is 0 Å². The maximum atomic E-state index is 9.99. The molecule has 0 aliphatic carbocycles. The second-order valence-corrected chi connectivity index (χ2v) is 2.34. The van der Waals surface area contributed by atoms with Gasteiger partial charge in [-0.1, -0.05) is 0 Å². The third-order valence-corrected chi connectivity index (χ3v) is 1.30. The van der Waals surface area contributed by atoms with Crippen LogP contribution in [0.5, 0.6) is 0 Å². The zero-order valence-corrected chi connectivity index (χ0v) is 6.19. The number of hydrogen-bond donors (Lipinski definition) is 2. The predicted molar refractivity (Wildman–Crippen MR) is 38.2 cm³/mol. The normalized spacial score (nSPS) is 12.5. The molecular formula is C7H12O4. The van der Waals surface area contributed by atoms with Gasteiger partial charge in [-0.3, -0.25) is 4.79 Å². The van der Waals surface area contributed by atoms with E-state index in [0.29, 0.717) is 19.1 Å². The van der Waals surface area contributed by atoms with E-state index in [1.54, 1.807) is 0 Å². The van der Waals surface area contributed by atoms with Crippen LogP contribution >= 0.6 is 0 Å². The number of aliphatic hydroxyl groups excluding tert-OH is 1. The molecule has 64 valence electrons. The minimum Gasteiger partial charge on any atom is -0.481 e. The summed E-state index contributed by atoms with van der Waals surface area (Å²) in [6.45, 7) is 0. The molecule has 0 aliphatic heterocycles. The average molecular weight is 160 g/mol. The van der Waals surface area contributed by atoms with Gasteiger partial charge in [0, 0.05) is 12.8 Å². The molecule has 4 heteroatoms. The van der Waals surface area contributed by atoms with Crippen LogP contribution in [0.1, 0.15) is 25.7 Å². The molecule has 0 saturated heterocycles. The Morgan fingerprint density at radius 2 is 2.18 bits per heavy atom. The van der Waals surface area contributed by atoms with Gasteiger partial charge in [0.25, 0.3) is 0 Å². The third kappa shape index (κ3) is 6.99. The highest BCUT2D eigenvalue weighted by Gasteiger charge is 2.03. The van der Waals surface area contributed by atoms with Crippen LogP contribution in [0.15, 0.2) is 0 Å². The summed E-state index contributed by atoms with van der Waals surface area (Å²) in [6, 6.07) is 0. The number of aldehydes is 1. The van der Waals surface area contributed by atoms with Gasteiger partial charge in [-0.05, 0) is 12.8 Å². The standard InChI is InChI=1S/C7H12O4/c8-5-4-6(9)2-1-3-7(10)11/h5-6,9H,1-4H2,(H,10,11). The van der Waals surface area contributed by atoms with Crippen molar-refractivity contribution in [3.63, 3.8) is 0 Å².